The van der Waals surface area contributed by atoms with Crippen LogP contribution in [-0.4, -0.2) is 25.2 Å². The highest BCUT2D eigenvalue weighted by Gasteiger charge is 2.08. The molecule has 0 N–H and O–H groups in total. The maximum absolute atomic E-state index is 10.9. The lowest BCUT2D eigenvalue weighted by Crippen LogP contribution is -2.25. The molecule has 1 aromatic heterocycles. The quantitative estimate of drug-likeness (QED) is 0.704. The van der Waals surface area contributed by atoms with Crippen molar-refractivity contribution in [3.63, 3.8) is 0 Å². The summed E-state index contributed by atoms with van der Waals surface area (Å²) in [7, 11) is 3.10. The minimum absolute atomic E-state index is 0.302. The van der Waals surface area contributed by atoms with Crippen LogP contribution in [0, 0.1) is 0 Å². The maximum Gasteiger partial charge on any atom is 0.409 e. The Labute approximate surface area is 75.6 Å². The lowest BCUT2D eigenvalue weighted by molar-refractivity contribution is 0.131. The van der Waals surface area contributed by atoms with E-state index in [9.17, 15) is 4.79 Å². The number of nitrogens with zero attached hydrogens (tertiary/aromatic N) is 1. The SMILES string of the molecule is COC(=O)N(C)Cc1cccs1. The zero-order valence-corrected chi connectivity index (χ0v) is 7.93. The molecule has 12 heavy (non-hydrogen) atoms. The van der Waals surface area contributed by atoms with Gasteiger partial charge in [0.25, 0.3) is 0 Å². The summed E-state index contributed by atoms with van der Waals surface area (Å²) < 4.78 is 4.55. The number of ether oxygens (including phenoxy) is 1. The van der Waals surface area contributed by atoms with Gasteiger partial charge in [-0.25, -0.2) is 4.79 Å². The topological polar surface area (TPSA) is 29.5 Å². The summed E-state index contributed by atoms with van der Waals surface area (Å²) in [6, 6.07) is 3.95. The zero-order chi connectivity index (χ0) is 8.97. The fourth-order valence-corrected chi connectivity index (χ4v) is 1.61. The number of amides is 1. The number of rotatable bonds is 2. The Morgan fingerprint density at radius 3 is 3.00 bits per heavy atom. The number of hydrogen-bond donors (Lipinski definition) is 0. The van der Waals surface area contributed by atoms with Crippen molar-refractivity contribution in [2.45, 2.75) is 6.54 Å². The van der Waals surface area contributed by atoms with Crippen molar-refractivity contribution in [2.75, 3.05) is 14.2 Å². The molecule has 0 aliphatic rings. The molecule has 0 aliphatic carbocycles. The fourth-order valence-electron chi connectivity index (χ4n) is 0.857. The lowest BCUT2D eigenvalue weighted by atomic mass is 10.4. The molecule has 0 bridgehead atoms. The first-order valence-corrected chi connectivity index (χ1v) is 4.43. The highest BCUT2D eigenvalue weighted by Crippen LogP contribution is 2.10. The molecule has 1 rings (SSSR count). The summed E-state index contributed by atoms with van der Waals surface area (Å²) in [4.78, 5) is 13.6. The molecule has 4 heteroatoms. The molecular weight excluding hydrogens is 174 g/mol. The van der Waals surface area contributed by atoms with Crippen LogP contribution in [0.25, 0.3) is 0 Å². The van der Waals surface area contributed by atoms with Gasteiger partial charge in [-0.2, -0.15) is 0 Å². The molecule has 1 heterocycles. The van der Waals surface area contributed by atoms with Gasteiger partial charge >= 0.3 is 6.09 Å². The number of thiophene rings is 1. The summed E-state index contributed by atoms with van der Waals surface area (Å²) in [5, 5.41) is 1.99. The van der Waals surface area contributed by atoms with Gasteiger partial charge in [-0.3, -0.25) is 0 Å². The van der Waals surface area contributed by atoms with Crippen molar-refractivity contribution < 1.29 is 9.53 Å². The standard InChI is InChI=1S/C8H11NO2S/c1-9(8(10)11-2)6-7-4-3-5-12-7/h3-5H,6H2,1-2H3. The Kier molecular flexibility index (Phi) is 3.10. The second-order valence-corrected chi connectivity index (χ2v) is 3.44. The molecule has 0 fully saturated rings. The van der Waals surface area contributed by atoms with Gasteiger partial charge in [0.15, 0.2) is 0 Å². The van der Waals surface area contributed by atoms with E-state index < -0.39 is 0 Å². The highest BCUT2D eigenvalue weighted by atomic mass is 32.1. The number of carbonyl (C=O) groups excluding carboxylic acids is 1. The first-order chi connectivity index (χ1) is 5.74. The second kappa shape index (κ2) is 4.11. The Morgan fingerprint density at radius 2 is 2.50 bits per heavy atom. The zero-order valence-electron chi connectivity index (χ0n) is 7.11. The minimum Gasteiger partial charge on any atom is -0.453 e. The third-order valence-electron chi connectivity index (χ3n) is 1.46. The normalized spacial score (nSPS) is 9.50. The van der Waals surface area contributed by atoms with E-state index in [4.69, 9.17) is 0 Å². The smallest absolute Gasteiger partial charge is 0.409 e. The van der Waals surface area contributed by atoms with E-state index >= 15 is 0 Å². The summed E-state index contributed by atoms with van der Waals surface area (Å²) in [6.07, 6.45) is -0.302. The van der Waals surface area contributed by atoms with E-state index in [1.165, 1.54) is 12.0 Å². The van der Waals surface area contributed by atoms with Crippen LogP contribution in [0.2, 0.25) is 0 Å². The summed E-state index contributed by atoms with van der Waals surface area (Å²) in [6.45, 7) is 0.615. The average molecular weight is 185 g/mol. The van der Waals surface area contributed by atoms with Crippen LogP contribution in [0.4, 0.5) is 4.79 Å². The van der Waals surface area contributed by atoms with Crippen LogP contribution in [-0.2, 0) is 11.3 Å². The van der Waals surface area contributed by atoms with Crippen LogP contribution in [0.3, 0.4) is 0 Å². The fraction of sp³-hybridized carbons (Fsp3) is 0.375. The molecule has 0 unspecified atom stereocenters. The molecule has 0 aliphatic heterocycles. The molecular formula is C8H11NO2S. The predicted octanol–water partition coefficient (Wildman–Crippen LogP) is 1.95. The summed E-state index contributed by atoms with van der Waals surface area (Å²) in [5.74, 6) is 0. The Morgan fingerprint density at radius 1 is 1.75 bits per heavy atom. The van der Waals surface area contributed by atoms with Gasteiger partial charge in [0.1, 0.15) is 0 Å². The van der Waals surface area contributed by atoms with Crippen molar-refractivity contribution in [1.29, 1.82) is 0 Å². The van der Waals surface area contributed by atoms with E-state index in [0.717, 1.165) is 4.88 Å². The molecule has 0 atom stereocenters. The van der Waals surface area contributed by atoms with Crippen molar-refractivity contribution in [1.82, 2.24) is 4.90 Å². The molecule has 0 radical (unpaired) electrons. The number of methoxy groups -OCH3 is 1. The third kappa shape index (κ3) is 2.23. The molecule has 66 valence electrons. The molecule has 0 aromatic carbocycles. The number of hydrogen-bond acceptors (Lipinski definition) is 3. The van der Waals surface area contributed by atoms with Gasteiger partial charge in [-0.15, -0.1) is 11.3 Å². The predicted molar refractivity (Wildman–Crippen MR) is 48.2 cm³/mol. The monoisotopic (exact) mass is 185 g/mol. The largest absolute Gasteiger partial charge is 0.453 e. The van der Waals surface area contributed by atoms with Crippen molar-refractivity contribution in [2.24, 2.45) is 0 Å². The first-order valence-electron chi connectivity index (χ1n) is 3.55. The van der Waals surface area contributed by atoms with Crippen LogP contribution < -0.4 is 0 Å². The van der Waals surface area contributed by atoms with Crippen LogP contribution in [0.5, 0.6) is 0 Å². The molecule has 0 saturated carbocycles. The van der Waals surface area contributed by atoms with Crippen LogP contribution in [0.15, 0.2) is 17.5 Å². The molecule has 0 saturated heterocycles. The van der Waals surface area contributed by atoms with Gasteiger partial charge in [-0.1, -0.05) is 6.07 Å². The highest BCUT2D eigenvalue weighted by molar-refractivity contribution is 7.09. The van der Waals surface area contributed by atoms with Gasteiger partial charge in [-0.05, 0) is 11.4 Å². The Bertz CT molecular complexity index is 246. The van der Waals surface area contributed by atoms with Crippen LogP contribution >= 0.6 is 11.3 Å². The average Bonchev–Trinajstić information content (AvgIpc) is 2.55. The van der Waals surface area contributed by atoms with E-state index in [2.05, 4.69) is 4.74 Å². The van der Waals surface area contributed by atoms with Crippen molar-refractivity contribution in [3.8, 4) is 0 Å². The minimum atomic E-state index is -0.302. The Balaban J connectivity index is 2.47. The van der Waals surface area contributed by atoms with Gasteiger partial charge in [0.05, 0.1) is 13.7 Å². The summed E-state index contributed by atoms with van der Waals surface area (Å²) >= 11 is 1.63. The van der Waals surface area contributed by atoms with E-state index in [1.54, 1.807) is 18.4 Å². The van der Waals surface area contributed by atoms with Crippen LogP contribution in [0.1, 0.15) is 4.88 Å². The molecule has 0 spiro atoms. The maximum atomic E-state index is 10.9. The van der Waals surface area contributed by atoms with Crippen molar-refractivity contribution in [3.05, 3.63) is 22.4 Å². The summed E-state index contributed by atoms with van der Waals surface area (Å²) in [5.41, 5.74) is 0. The van der Waals surface area contributed by atoms with Crippen molar-refractivity contribution >= 4 is 17.4 Å². The first kappa shape index (κ1) is 9.06. The molecule has 3 nitrogen and oxygen atoms in total. The molecule has 1 aromatic rings. The van der Waals surface area contributed by atoms with Gasteiger partial charge in [0.2, 0.25) is 0 Å². The van der Waals surface area contributed by atoms with E-state index in [1.807, 2.05) is 17.5 Å². The Hall–Kier alpha value is -1.03. The third-order valence-corrected chi connectivity index (χ3v) is 2.32. The number of carbonyl (C=O) groups is 1. The van der Waals surface area contributed by atoms with E-state index in [0.29, 0.717) is 6.54 Å². The van der Waals surface area contributed by atoms with Gasteiger partial charge in [0, 0.05) is 11.9 Å². The van der Waals surface area contributed by atoms with E-state index in [-0.39, 0.29) is 6.09 Å². The molecule has 1 amide bonds. The van der Waals surface area contributed by atoms with Gasteiger partial charge < -0.3 is 9.64 Å². The lowest BCUT2D eigenvalue weighted by Gasteiger charge is -2.13. The second-order valence-electron chi connectivity index (χ2n) is 2.41.